The van der Waals surface area contributed by atoms with Gasteiger partial charge in [-0.05, 0) is 57.0 Å². The first-order chi connectivity index (χ1) is 17.6. The Morgan fingerprint density at radius 1 is 1.11 bits per heavy atom. The number of carbonyl (C=O) groups excluding carboxylic acids is 1. The summed E-state index contributed by atoms with van der Waals surface area (Å²) >= 11 is 1.40. The quantitative estimate of drug-likeness (QED) is 0.222. The SMILES string of the molecule is COc1ccccc1-c1nnc(SCC(=O)c2cc(C)n(CC3CCCO3)c2C)n1-c1ccccc1. The summed E-state index contributed by atoms with van der Waals surface area (Å²) < 4.78 is 15.6. The number of hydrogen-bond acceptors (Lipinski definition) is 6. The van der Waals surface area contributed by atoms with Crippen molar-refractivity contribution < 1.29 is 14.3 Å². The van der Waals surface area contributed by atoms with Crippen LogP contribution in [0, 0.1) is 13.8 Å². The lowest BCUT2D eigenvalue weighted by Crippen LogP contribution is -2.17. The van der Waals surface area contributed by atoms with Crippen LogP contribution >= 0.6 is 11.8 Å². The van der Waals surface area contributed by atoms with Crippen molar-refractivity contribution in [1.82, 2.24) is 19.3 Å². The fourth-order valence-electron chi connectivity index (χ4n) is 4.74. The summed E-state index contributed by atoms with van der Waals surface area (Å²) in [6, 6.07) is 19.7. The van der Waals surface area contributed by atoms with Crippen molar-refractivity contribution in [2.45, 2.75) is 44.5 Å². The van der Waals surface area contributed by atoms with Crippen molar-refractivity contribution in [2.75, 3.05) is 19.5 Å². The van der Waals surface area contributed by atoms with Crippen LogP contribution in [0.25, 0.3) is 17.1 Å². The molecule has 1 unspecified atom stereocenters. The Bertz CT molecular complexity index is 1360. The molecule has 0 N–H and O–H groups in total. The minimum absolute atomic E-state index is 0.0770. The minimum Gasteiger partial charge on any atom is -0.496 e. The second kappa shape index (κ2) is 10.7. The Morgan fingerprint density at radius 3 is 2.64 bits per heavy atom. The van der Waals surface area contributed by atoms with Crippen LogP contribution in [0.5, 0.6) is 5.75 Å². The molecule has 1 aliphatic heterocycles. The van der Waals surface area contributed by atoms with Gasteiger partial charge in [0.05, 0.1) is 24.5 Å². The summed E-state index contributed by atoms with van der Waals surface area (Å²) in [5, 5.41) is 9.62. The molecule has 3 heterocycles. The molecule has 1 saturated heterocycles. The number of carbonyl (C=O) groups is 1. The maximum atomic E-state index is 13.3. The van der Waals surface area contributed by atoms with Gasteiger partial charge >= 0.3 is 0 Å². The zero-order valence-corrected chi connectivity index (χ0v) is 21.6. The van der Waals surface area contributed by atoms with Gasteiger partial charge in [0.15, 0.2) is 16.8 Å². The van der Waals surface area contributed by atoms with E-state index in [2.05, 4.69) is 21.7 Å². The molecular weight excluding hydrogens is 472 g/mol. The number of aryl methyl sites for hydroxylation is 1. The Balaban J connectivity index is 1.41. The van der Waals surface area contributed by atoms with E-state index in [0.29, 0.717) is 16.7 Å². The first-order valence-corrected chi connectivity index (χ1v) is 13.1. The summed E-state index contributed by atoms with van der Waals surface area (Å²) in [6.45, 7) is 5.69. The normalized spacial score (nSPS) is 15.4. The first kappa shape index (κ1) is 24.3. The molecule has 0 saturated carbocycles. The molecule has 2 aromatic carbocycles. The number of ether oxygens (including phenoxy) is 2. The molecule has 0 amide bonds. The van der Waals surface area contributed by atoms with Crippen LogP contribution in [0.15, 0.2) is 65.8 Å². The predicted octanol–water partition coefficient (Wildman–Crippen LogP) is 5.52. The van der Waals surface area contributed by atoms with Crippen LogP contribution in [0.3, 0.4) is 0 Å². The van der Waals surface area contributed by atoms with Crippen molar-refractivity contribution in [2.24, 2.45) is 0 Å². The molecule has 0 aliphatic carbocycles. The molecule has 186 valence electrons. The summed E-state index contributed by atoms with van der Waals surface area (Å²) in [4.78, 5) is 13.3. The lowest BCUT2D eigenvalue weighted by Gasteiger charge is -2.14. The molecule has 1 aliphatic rings. The minimum atomic E-state index is 0.0770. The fourth-order valence-corrected chi connectivity index (χ4v) is 5.58. The molecule has 8 heteroatoms. The van der Waals surface area contributed by atoms with Gasteiger partial charge in [-0.25, -0.2) is 0 Å². The lowest BCUT2D eigenvalue weighted by atomic mass is 10.2. The molecule has 1 fully saturated rings. The number of ketones is 1. The van der Waals surface area contributed by atoms with Gasteiger partial charge in [-0.2, -0.15) is 0 Å². The van der Waals surface area contributed by atoms with Crippen molar-refractivity contribution in [3.8, 4) is 22.8 Å². The Kier molecular flexibility index (Phi) is 7.25. The van der Waals surface area contributed by atoms with Crippen LogP contribution in [0.4, 0.5) is 0 Å². The molecule has 5 rings (SSSR count). The second-order valence-electron chi connectivity index (χ2n) is 8.92. The summed E-state index contributed by atoms with van der Waals surface area (Å²) in [5.74, 6) is 1.73. The fraction of sp³-hybridized carbons (Fsp3) is 0.321. The highest BCUT2D eigenvalue weighted by Gasteiger charge is 2.23. The molecule has 1 atom stereocenters. The van der Waals surface area contributed by atoms with Gasteiger partial charge in [0.25, 0.3) is 0 Å². The van der Waals surface area contributed by atoms with E-state index in [-0.39, 0.29) is 17.6 Å². The van der Waals surface area contributed by atoms with Crippen molar-refractivity contribution >= 4 is 17.5 Å². The number of nitrogens with zero attached hydrogens (tertiary/aromatic N) is 4. The number of aromatic nitrogens is 4. The number of para-hydroxylation sites is 2. The van der Waals surface area contributed by atoms with E-state index in [0.717, 1.165) is 54.2 Å². The molecule has 0 bridgehead atoms. The van der Waals surface area contributed by atoms with Gasteiger partial charge in [-0.15, -0.1) is 10.2 Å². The van der Waals surface area contributed by atoms with Gasteiger partial charge in [0.1, 0.15) is 5.75 Å². The molecule has 0 spiro atoms. The number of rotatable bonds is 9. The standard InChI is InChI=1S/C28H30N4O3S/c1-19-16-24(20(2)31(19)17-22-12-9-15-35-22)25(33)18-36-28-30-29-27(23-13-7-8-14-26(23)34-3)32(28)21-10-5-4-6-11-21/h4-8,10-11,13-14,16,22H,9,12,15,17-18H2,1-3H3. The van der Waals surface area contributed by atoms with E-state index in [4.69, 9.17) is 9.47 Å². The van der Waals surface area contributed by atoms with Crippen molar-refractivity contribution in [3.63, 3.8) is 0 Å². The number of Topliss-reactive ketones (excluding diaryl/α,β-unsaturated/α-hetero) is 1. The smallest absolute Gasteiger partial charge is 0.196 e. The van der Waals surface area contributed by atoms with E-state index in [1.807, 2.05) is 72.2 Å². The van der Waals surface area contributed by atoms with Crippen LogP contribution < -0.4 is 4.74 Å². The van der Waals surface area contributed by atoms with Crippen LogP contribution in [-0.4, -0.2) is 50.7 Å². The van der Waals surface area contributed by atoms with Crippen LogP contribution in [0.2, 0.25) is 0 Å². The number of methoxy groups -OCH3 is 1. The van der Waals surface area contributed by atoms with Crippen molar-refractivity contribution in [1.29, 1.82) is 0 Å². The third-order valence-electron chi connectivity index (χ3n) is 6.61. The zero-order chi connectivity index (χ0) is 25.1. The summed E-state index contributed by atoms with van der Waals surface area (Å²) in [7, 11) is 1.64. The Hall–Kier alpha value is -3.36. The molecule has 2 aromatic heterocycles. The Labute approximate surface area is 215 Å². The van der Waals surface area contributed by atoms with Crippen molar-refractivity contribution in [3.05, 3.63) is 77.6 Å². The first-order valence-electron chi connectivity index (χ1n) is 12.2. The van der Waals surface area contributed by atoms with Crippen LogP contribution in [-0.2, 0) is 11.3 Å². The maximum Gasteiger partial charge on any atom is 0.196 e. The average Bonchev–Trinajstić information content (AvgIpc) is 3.64. The third-order valence-corrected chi connectivity index (χ3v) is 7.54. The molecule has 36 heavy (non-hydrogen) atoms. The van der Waals surface area contributed by atoms with Gasteiger partial charge in [0, 0.05) is 35.8 Å². The second-order valence-corrected chi connectivity index (χ2v) is 9.86. The largest absolute Gasteiger partial charge is 0.496 e. The van der Waals surface area contributed by atoms with Gasteiger partial charge < -0.3 is 14.0 Å². The van der Waals surface area contributed by atoms with Crippen LogP contribution in [0.1, 0.15) is 34.6 Å². The maximum absolute atomic E-state index is 13.3. The molecular formula is C28H30N4O3S. The summed E-state index contributed by atoms with van der Waals surface area (Å²) in [6.07, 6.45) is 2.40. The predicted molar refractivity (Wildman–Crippen MR) is 141 cm³/mol. The van der Waals surface area contributed by atoms with E-state index in [9.17, 15) is 4.79 Å². The number of benzene rings is 2. The lowest BCUT2D eigenvalue weighted by molar-refractivity contribution is 0.0957. The van der Waals surface area contributed by atoms with E-state index >= 15 is 0 Å². The van der Waals surface area contributed by atoms with E-state index in [1.165, 1.54) is 11.8 Å². The topological polar surface area (TPSA) is 71.2 Å². The van der Waals surface area contributed by atoms with Gasteiger partial charge in [-0.3, -0.25) is 9.36 Å². The third kappa shape index (κ3) is 4.83. The highest BCUT2D eigenvalue weighted by Crippen LogP contribution is 2.33. The highest BCUT2D eigenvalue weighted by atomic mass is 32.2. The Morgan fingerprint density at radius 2 is 1.89 bits per heavy atom. The molecule has 0 radical (unpaired) electrons. The summed E-state index contributed by atoms with van der Waals surface area (Å²) in [5.41, 5.74) is 4.60. The van der Waals surface area contributed by atoms with Gasteiger partial charge in [-0.1, -0.05) is 42.1 Å². The van der Waals surface area contributed by atoms with Gasteiger partial charge in [0.2, 0.25) is 0 Å². The molecule has 7 nitrogen and oxygen atoms in total. The number of thioether (sulfide) groups is 1. The van der Waals surface area contributed by atoms with E-state index in [1.54, 1.807) is 7.11 Å². The molecule has 4 aromatic rings. The average molecular weight is 503 g/mol. The monoisotopic (exact) mass is 502 g/mol. The number of hydrogen-bond donors (Lipinski definition) is 0. The highest BCUT2D eigenvalue weighted by molar-refractivity contribution is 7.99. The zero-order valence-electron chi connectivity index (χ0n) is 20.8. The van der Waals surface area contributed by atoms with E-state index < -0.39 is 0 Å².